The fraction of sp³-hybridized carbons (Fsp3) is 0.345. The highest BCUT2D eigenvalue weighted by molar-refractivity contribution is 7.89. The quantitative estimate of drug-likeness (QED) is 0.273. The summed E-state index contributed by atoms with van der Waals surface area (Å²) in [5.41, 5.74) is 9.76. The van der Waals surface area contributed by atoms with Gasteiger partial charge >= 0.3 is 0 Å². The van der Waals surface area contributed by atoms with Crippen LogP contribution in [0.3, 0.4) is 0 Å². The lowest BCUT2D eigenvalue weighted by Gasteiger charge is -2.28. The summed E-state index contributed by atoms with van der Waals surface area (Å²) in [7, 11) is -3.88. The molecule has 0 radical (unpaired) electrons. The monoisotopic (exact) mass is 520 g/mol. The summed E-state index contributed by atoms with van der Waals surface area (Å²) in [6.07, 6.45) is -0.553. The van der Waals surface area contributed by atoms with E-state index in [0.717, 1.165) is 17.0 Å². The number of aliphatic hydroxyl groups is 1. The number of rotatable bonds is 11. The van der Waals surface area contributed by atoms with E-state index < -0.39 is 22.2 Å². The van der Waals surface area contributed by atoms with Crippen molar-refractivity contribution >= 4 is 21.1 Å². The van der Waals surface area contributed by atoms with Crippen LogP contribution in [0.15, 0.2) is 83.8 Å². The maximum atomic E-state index is 13.7. The standard InChI is InChI=1S/C29H36N4O3S/c1-20(2)18-33(19-28(34)25(30)16-22-10-6-4-7-11-22)37(35,36)24-14-15-26-27(17-24)32-29(31-26)21(3)23-12-8-5-9-13-23/h4-15,17,20-21,25,28,34H,16,18-19,30H2,1-3H3,(H,31,32)/t21?,25-,28+/m0/s1. The van der Waals surface area contributed by atoms with Crippen molar-refractivity contribution in [2.75, 3.05) is 13.1 Å². The zero-order valence-electron chi connectivity index (χ0n) is 21.6. The van der Waals surface area contributed by atoms with Crippen LogP contribution in [0, 0.1) is 5.92 Å². The van der Waals surface area contributed by atoms with Gasteiger partial charge in [0.25, 0.3) is 0 Å². The van der Waals surface area contributed by atoms with Crippen molar-refractivity contribution in [3.63, 3.8) is 0 Å². The van der Waals surface area contributed by atoms with Crippen LogP contribution in [0.25, 0.3) is 11.0 Å². The molecule has 0 fully saturated rings. The lowest BCUT2D eigenvalue weighted by Crippen LogP contribution is -2.47. The second kappa shape index (κ2) is 11.6. The zero-order valence-corrected chi connectivity index (χ0v) is 22.4. The molecule has 3 atom stereocenters. The van der Waals surface area contributed by atoms with Crippen molar-refractivity contribution < 1.29 is 13.5 Å². The number of aliphatic hydroxyl groups excluding tert-OH is 1. The Bertz CT molecular complexity index is 1410. The number of imidazole rings is 1. The third-order valence-corrected chi connectivity index (χ3v) is 8.41. The number of benzene rings is 3. The van der Waals surface area contributed by atoms with Crippen LogP contribution < -0.4 is 5.73 Å². The molecule has 8 heteroatoms. The second-order valence-corrected chi connectivity index (χ2v) is 12.0. The Morgan fingerprint density at radius 2 is 1.59 bits per heavy atom. The van der Waals surface area contributed by atoms with Crippen LogP contribution in [-0.4, -0.2) is 53.0 Å². The molecule has 0 bridgehead atoms. The molecule has 4 N–H and O–H groups in total. The topological polar surface area (TPSA) is 112 Å². The number of aromatic amines is 1. The summed E-state index contributed by atoms with van der Waals surface area (Å²) in [5, 5.41) is 10.9. The molecule has 1 aromatic heterocycles. The van der Waals surface area contributed by atoms with E-state index in [1.807, 2.05) is 74.5 Å². The number of sulfonamides is 1. The van der Waals surface area contributed by atoms with Crippen LogP contribution in [0.2, 0.25) is 0 Å². The van der Waals surface area contributed by atoms with Gasteiger partial charge in [-0.2, -0.15) is 4.31 Å². The maximum absolute atomic E-state index is 13.7. The molecule has 0 saturated carbocycles. The Labute approximate surface area is 219 Å². The summed E-state index contributed by atoms with van der Waals surface area (Å²) in [4.78, 5) is 8.16. The van der Waals surface area contributed by atoms with Gasteiger partial charge in [-0.15, -0.1) is 0 Å². The first-order valence-electron chi connectivity index (χ1n) is 12.7. The maximum Gasteiger partial charge on any atom is 0.243 e. The number of hydrogen-bond acceptors (Lipinski definition) is 5. The lowest BCUT2D eigenvalue weighted by atomic mass is 10.0. The number of nitrogens with one attached hydrogen (secondary N) is 1. The summed E-state index contributed by atoms with van der Waals surface area (Å²) in [5.74, 6) is 0.881. The van der Waals surface area contributed by atoms with E-state index in [-0.39, 0.29) is 29.8 Å². The minimum Gasteiger partial charge on any atom is -0.390 e. The Kier molecular flexibility index (Phi) is 8.44. The minimum atomic E-state index is -3.88. The molecule has 0 aliphatic heterocycles. The van der Waals surface area contributed by atoms with Gasteiger partial charge in [0.2, 0.25) is 10.0 Å². The number of aromatic nitrogens is 2. The van der Waals surface area contributed by atoms with Gasteiger partial charge in [-0.3, -0.25) is 0 Å². The predicted molar refractivity (Wildman–Crippen MR) is 148 cm³/mol. The average Bonchev–Trinajstić information content (AvgIpc) is 3.32. The highest BCUT2D eigenvalue weighted by Crippen LogP contribution is 2.27. The van der Waals surface area contributed by atoms with Crippen LogP contribution in [0.5, 0.6) is 0 Å². The Hall–Kier alpha value is -3.04. The van der Waals surface area contributed by atoms with Gasteiger partial charge in [0.05, 0.1) is 22.0 Å². The first-order chi connectivity index (χ1) is 17.6. The number of H-pyrrole nitrogens is 1. The van der Waals surface area contributed by atoms with E-state index in [1.165, 1.54) is 4.31 Å². The molecule has 1 unspecified atom stereocenters. The van der Waals surface area contributed by atoms with Crippen molar-refractivity contribution in [1.29, 1.82) is 0 Å². The Morgan fingerprint density at radius 1 is 0.946 bits per heavy atom. The molecule has 196 valence electrons. The number of fused-ring (bicyclic) bond motifs is 1. The van der Waals surface area contributed by atoms with Crippen molar-refractivity contribution in [3.05, 3.63) is 95.8 Å². The lowest BCUT2D eigenvalue weighted by molar-refractivity contribution is 0.116. The van der Waals surface area contributed by atoms with E-state index in [0.29, 0.717) is 17.5 Å². The van der Waals surface area contributed by atoms with Gasteiger partial charge in [0, 0.05) is 25.0 Å². The van der Waals surface area contributed by atoms with Crippen LogP contribution in [-0.2, 0) is 16.4 Å². The molecule has 0 spiro atoms. The van der Waals surface area contributed by atoms with Gasteiger partial charge in [-0.05, 0) is 41.7 Å². The molecular weight excluding hydrogens is 484 g/mol. The SMILES string of the molecule is CC(C)CN(C[C@@H](O)[C@@H](N)Cc1ccccc1)S(=O)(=O)c1ccc2nc(C(C)c3ccccc3)[nH]c2c1. The highest BCUT2D eigenvalue weighted by atomic mass is 32.2. The van der Waals surface area contributed by atoms with Crippen molar-refractivity contribution in [1.82, 2.24) is 14.3 Å². The first kappa shape index (κ1) is 27.0. The number of hydrogen-bond donors (Lipinski definition) is 3. The molecule has 1 heterocycles. The van der Waals surface area contributed by atoms with Gasteiger partial charge in [-0.1, -0.05) is 81.4 Å². The summed E-state index contributed by atoms with van der Waals surface area (Å²) in [6, 6.07) is 24.0. The number of nitrogens with two attached hydrogens (primary N) is 1. The van der Waals surface area contributed by atoms with Crippen LogP contribution >= 0.6 is 0 Å². The summed E-state index contributed by atoms with van der Waals surface area (Å²) < 4.78 is 28.8. The molecule has 4 aromatic rings. The Balaban J connectivity index is 1.57. The molecule has 4 rings (SSSR count). The fourth-order valence-corrected chi connectivity index (χ4v) is 6.12. The number of nitrogens with zero attached hydrogens (tertiary/aromatic N) is 2. The molecule has 7 nitrogen and oxygen atoms in total. The minimum absolute atomic E-state index is 0.0346. The van der Waals surface area contributed by atoms with Crippen LogP contribution in [0.4, 0.5) is 0 Å². The van der Waals surface area contributed by atoms with Gasteiger partial charge < -0.3 is 15.8 Å². The molecule has 0 amide bonds. The first-order valence-corrected chi connectivity index (χ1v) is 14.1. The smallest absolute Gasteiger partial charge is 0.243 e. The summed E-state index contributed by atoms with van der Waals surface area (Å²) in [6.45, 7) is 6.16. The van der Waals surface area contributed by atoms with E-state index in [2.05, 4.69) is 11.9 Å². The van der Waals surface area contributed by atoms with Crippen molar-refractivity contribution in [3.8, 4) is 0 Å². The van der Waals surface area contributed by atoms with Gasteiger partial charge in [0.1, 0.15) is 5.82 Å². The highest BCUT2D eigenvalue weighted by Gasteiger charge is 2.30. The normalized spacial score (nSPS) is 14.8. The molecule has 37 heavy (non-hydrogen) atoms. The second-order valence-electron chi connectivity index (χ2n) is 10.1. The van der Waals surface area contributed by atoms with Gasteiger partial charge in [-0.25, -0.2) is 13.4 Å². The van der Waals surface area contributed by atoms with Gasteiger partial charge in [0.15, 0.2) is 0 Å². The van der Waals surface area contributed by atoms with Crippen LogP contribution in [0.1, 0.15) is 43.6 Å². The van der Waals surface area contributed by atoms with Crippen molar-refractivity contribution in [2.45, 2.75) is 50.2 Å². The molecular formula is C29H36N4O3S. The van der Waals surface area contributed by atoms with E-state index in [1.54, 1.807) is 18.2 Å². The summed E-state index contributed by atoms with van der Waals surface area (Å²) >= 11 is 0. The van der Waals surface area contributed by atoms with Crippen molar-refractivity contribution in [2.24, 2.45) is 11.7 Å². The molecule has 0 saturated heterocycles. The van der Waals surface area contributed by atoms with E-state index >= 15 is 0 Å². The van der Waals surface area contributed by atoms with E-state index in [4.69, 9.17) is 10.7 Å². The zero-order chi connectivity index (χ0) is 26.6. The fourth-order valence-electron chi connectivity index (χ4n) is 4.47. The molecule has 0 aliphatic rings. The third kappa shape index (κ3) is 6.45. The predicted octanol–water partition coefficient (Wildman–Crippen LogP) is 4.29. The largest absolute Gasteiger partial charge is 0.390 e. The molecule has 3 aromatic carbocycles. The average molecular weight is 521 g/mol. The Morgan fingerprint density at radius 3 is 2.24 bits per heavy atom. The third-order valence-electron chi connectivity index (χ3n) is 6.59. The molecule has 0 aliphatic carbocycles. The van der Waals surface area contributed by atoms with E-state index in [9.17, 15) is 13.5 Å².